The fourth-order valence-corrected chi connectivity index (χ4v) is 4.37. The number of hydrogen-bond donors (Lipinski definition) is 0. The second-order valence-electron chi connectivity index (χ2n) is 7.26. The number of rotatable bonds is 5. The van der Waals surface area contributed by atoms with Gasteiger partial charge in [0.1, 0.15) is 0 Å². The monoisotopic (exact) mass is 356 g/mol. The van der Waals surface area contributed by atoms with E-state index in [1.165, 1.54) is 0 Å². The highest BCUT2D eigenvalue weighted by Crippen LogP contribution is 2.61. The van der Waals surface area contributed by atoms with E-state index in [4.69, 9.17) is 9.47 Å². The smallest absolute Gasteiger partial charge is 0.323 e. The van der Waals surface area contributed by atoms with Crippen LogP contribution in [-0.4, -0.2) is 30.9 Å². The molecule has 1 fully saturated rings. The van der Waals surface area contributed by atoms with Crippen molar-refractivity contribution < 1.29 is 23.9 Å². The maximum atomic E-state index is 12.8. The Morgan fingerprint density at radius 1 is 1.00 bits per heavy atom. The molecule has 0 unspecified atom stereocenters. The van der Waals surface area contributed by atoms with Crippen molar-refractivity contribution in [2.45, 2.75) is 40.0 Å². The highest BCUT2D eigenvalue weighted by Gasteiger charge is 2.63. The summed E-state index contributed by atoms with van der Waals surface area (Å²) in [5.74, 6) is -1.04. The maximum absolute atomic E-state index is 12.8. The van der Waals surface area contributed by atoms with E-state index >= 15 is 0 Å². The van der Waals surface area contributed by atoms with Gasteiger partial charge in [0.05, 0.1) is 13.2 Å². The van der Waals surface area contributed by atoms with E-state index in [1.807, 2.05) is 37.3 Å². The Labute approximate surface area is 153 Å². The summed E-state index contributed by atoms with van der Waals surface area (Å²) < 4.78 is 10.5. The molecule has 0 N–H and O–H groups in total. The van der Waals surface area contributed by atoms with Crippen LogP contribution in [0.4, 0.5) is 0 Å². The molecule has 5 heteroatoms. The summed E-state index contributed by atoms with van der Waals surface area (Å²) >= 11 is 0. The zero-order chi connectivity index (χ0) is 18.9. The van der Waals surface area contributed by atoms with Crippen molar-refractivity contribution >= 4 is 23.3 Å². The third-order valence-electron chi connectivity index (χ3n) is 5.43. The summed E-state index contributed by atoms with van der Waals surface area (Å²) in [4.78, 5) is 38.2. The fraction of sp³-hybridized carbons (Fsp3) is 0.476. The first-order valence-electron chi connectivity index (χ1n) is 9.04. The molecule has 5 nitrogen and oxygen atoms in total. The molecule has 1 aromatic carbocycles. The first-order chi connectivity index (χ1) is 12.4. The van der Waals surface area contributed by atoms with E-state index in [1.54, 1.807) is 13.8 Å². The molecule has 1 saturated carbocycles. The van der Waals surface area contributed by atoms with Crippen molar-refractivity contribution in [1.82, 2.24) is 0 Å². The van der Waals surface area contributed by atoms with Crippen LogP contribution in [0, 0.1) is 10.8 Å². The highest BCUT2D eigenvalue weighted by atomic mass is 16.6. The number of ketones is 1. The van der Waals surface area contributed by atoms with Crippen LogP contribution in [0.3, 0.4) is 0 Å². The van der Waals surface area contributed by atoms with Gasteiger partial charge >= 0.3 is 11.9 Å². The number of allylic oxidation sites excluding steroid dienone is 2. The molecule has 2 aliphatic carbocycles. The van der Waals surface area contributed by atoms with E-state index in [-0.39, 0.29) is 31.8 Å². The van der Waals surface area contributed by atoms with E-state index < -0.39 is 22.8 Å². The summed E-state index contributed by atoms with van der Waals surface area (Å²) in [6, 6.07) is 9.43. The lowest BCUT2D eigenvalue weighted by Crippen LogP contribution is -2.41. The average Bonchev–Trinajstić information content (AvgIpc) is 3.03. The lowest BCUT2D eigenvalue weighted by Gasteiger charge is -2.26. The number of esters is 2. The van der Waals surface area contributed by atoms with Crippen LogP contribution in [0.25, 0.3) is 5.57 Å². The molecule has 0 bridgehead atoms. The second kappa shape index (κ2) is 6.71. The molecule has 0 aromatic heterocycles. The topological polar surface area (TPSA) is 69.7 Å². The van der Waals surface area contributed by atoms with Crippen molar-refractivity contribution in [3.8, 4) is 0 Å². The molecule has 0 radical (unpaired) electrons. The third-order valence-corrected chi connectivity index (χ3v) is 5.43. The van der Waals surface area contributed by atoms with Crippen LogP contribution in [0.2, 0.25) is 0 Å². The first kappa shape index (κ1) is 18.4. The number of Topliss-reactive ketones (excluding diaryl/α,β-unsaturated/α-hetero) is 1. The van der Waals surface area contributed by atoms with Gasteiger partial charge in [-0.1, -0.05) is 42.8 Å². The Morgan fingerprint density at radius 3 is 2.12 bits per heavy atom. The normalized spacial score (nSPS) is 23.7. The molecule has 3 rings (SSSR count). The molecule has 0 heterocycles. The van der Waals surface area contributed by atoms with Crippen molar-refractivity contribution in [1.29, 1.82) is 0 Å². The van der Waals surface area contributed by atoms with Crippen molar-refractivity contribution in [3.05, 3.63) is 41.5 Å². The number of carbonyl (C=O) groups excluding carboxylic acids is 3. The molecule has 1 atom stereocenters. The third kappa shape index (κ3) is 2.75. The predicted molar refractivity (Wildman–Crippen MR) is 96.0 cm³/mol. The van der Waals surface area contributed by atoms with E-state index in [9.17, 15) is 14.4 Å². The van der Waals surface area contributed by atoms with Gasteiger partial charge in [0, 0.05) is 12.0 Å². The van der Waals surface area contributed by atoms with E-state index in [0.717, 1.165) is 11.1 Å². The minimum atomic E-state index is -1.36. The summed E-state index contributed by atoms with van der Waals surface area (Å²) in [5.41, 5.74) is 0.455. The maximum Gasteiger partial charge on any atom is 0.323 e. The summed E-state index contributed by atoms with van der Waals surface area (Å²) in [6.07, 6.45) is 0.722. The largest absolute Gasteiger partial charge is 0.465 e. The van der Waals surface area contributed by atoms with Crippen LogP contribution >= 0.6 is 0 Å². The van der Waals surface area contributed by atoms with Gasteiger partial charge in [-0.2, -0.15) is 0 Å². The van der Waals surface area contributed by atoms with Gasteiger partial charge in [0.25, 0.3) is 0 Å². The molecular formula is C21H24O5. The van der Waals surface area contributed by atoms with Crippen LogP contribution in [-0.2, 0) is 23.9 Å². The van der Waals surface area contributed by atoms with Gasteiger partial charge in [-0.3, -0.25) is 14.4 Å². The molecule has 1 aromatic rings. The number of ether oxygens (including phenoxy) is 2. The quantitative estimate of drug-likeness (QED) is 0.598. The van der Waals surface area contributed by atoms with Crippen LogP contribution in [0.5, 0.6) is 0 Å². The minimum Gasteiger partial charge on any atom is -0.465 e. The summed E-state index contributed by atoms with van der Waals surface area (Å²) in [7, 11) is 0. The summed E-state index contributed by atoms with van der Waals surface area (Å²) in [5, 5.41) is 0. The van der Waals surface area contributed by atoms with E-state index in [2.05, 4.69) is 0 Å². The van der Waals surface area contributed by atoms with Gasteiger partial charge in [0.15, 0.2) is 11.2 Å². The number of fused-ring (bicyclic) bond motifs is 1. The van der Waals surface area contributed by atoms with E-state index in [0.29, 0.717) is 12.0 Å². The van der Waals surface area contributed by atoms with Crippen LogP contribution in [0.1, 0.15) is 45.6 Å². The first-order valence-corrected chi connectivity index (χ1v) is 9.04. The molecule has 26 heavy (non-hydrogen) atoms. The fourth-order valence-electron chi connectivity index (χ4n) is 4.37. The highest BCUT2D eigenvalue weighted by molar-refractivity contribution is 6.25. The van der Waals surface area contributed by atoms with Crippen LogP contribution in [0.15, 0.2) is 35.9 Å². The van der Waals surface area contributed by atoms with Gasteiger partial charge in [0.2, 0.25) is 0 Å². The van der Waals surface area contributed by atoms with Gasteiger partial charge in [-0.05, 0) is 37.7 Å². The molecule has 0 spiro atoms. The van der Waals surface area contributed by atoms with Crippen molar-refractivity contribution in [2.75, 3.05) is 13.2 Å². The minimum absolute atomic E-state index is 0.0648. The molecule has 2 aliphatic rings. The zero-order valence-corrected chi connectivity index (χ0v) is 15.5. The lowest BCUT2D eigenvalue weighted by molar-refractivity contribution is -0.172. The number of carbonyl (C=O) groups is 3. The SMILES string of the molecule is CCOC(=O)C1(C(=O)OCC)CC2=C(c3ccccc3)C(=O)C[C@]2(C)C1. The van der Waals surface area contributed by atoms with Gasteiger partial charge < -0.3 is 9.47 Å². The number of benzene rings is 1. The van der Waals surface area contributed by atoms with Crippen molar-refractivity contribution in [3.63, 3.8) is 0 Å². The zero-order valence-electron chi connectivity index (χ0n) is 15.5. The Morgan fingerprint density at radius 2 is 1.58 bits per heavy atom. The van der Waals surface area contributed by atoms with Crippen LogP contribution < -0.4 is 0 Å². The molecule has 0 amide bonds. The van der Waals surface area contributed by atoms with Gasteiger partial charge in [-0.25, -0.2) is 0 Å². The average molecular weight is 356 g/mol. The molecule has 0 aliphatic heterocycles. The Bertz CT molecular complexity index is 759. The predicted octanol–water partition coefficient (Wildman–Crippen LogP) is 3.33. The number of hydrogen-bond acceptors (Lipinski definition) is 5. The Kier molecular flexibility index (Phi) is 4.74. The Hall–Kier alpha value is -2.43. The molecule has 138 valence electrons. The standard InChI is InChI=1S/C21H24O5/c1-4-25-18(23)21(19(24)26-5-2)11-15-17(14-9-7-6-8-10-14)16(22)12-20(15,3)13-21/h6-10H,4-5,11-13H2,1-3H3/t20-/m1/s1. The molecular weight excluding hydrogens is 332 g/mol. The Balaban J connectivity index is 2.11. The molecule has 0 saturated heterocycles. The lowest BCUT2D eigenvalue weighted by atomic mass is 9.79. The second-order valence-corrected chi connectivity index (χ2v) is 7.26. The van der Waals surface area contributed by atoms with Crippen molar-refractivity contribution in [2.24, 2.45) is 10.8 Å². The van der Waals surface area contributed by atoms with Gasteiger partial charge in [-0.15, -0.1) is 0 Å². The summed E-state index contributed by atoms with van der Waals surface area (Å²) in [6.45, 7) is 5.77.